The lowest BCUT2D eigenvalue weighted by atomic mass is 9.76. The number of halogens is 3. The van der Waals surface area contributed by atoms with Crippen molar-refractivity contribution in [1.82, 2.24) is 0 Å². The summed E-state index contributed by atoms with van der Waals surface area (Å²) in [4.78, 5) is 0. The van der Waals surface area contributed by atoms with Crippen molar-refractivity contribution in [3.05, 3.63) is 33.8 Å². The Balaban J connectivity index is 1.85. The lowest BCUT2D eigenvalue weighted by Gasteiger charge is -2.33. The van der Waals surface area contributed by atoms with Gasteiger partial charge in [-0.05, 0) is 49.3 Å². The average Bonchev–Trinajstić information content (AvgIpc) is 3.15. The van der Waals surface area contributed by atoms with Crippen molar-refractivity contribution in [2.45, 2.75) is 31.8 Å². The summed E-state index contributed by atoms with van der Waals surface area (Å²) >= 11 is 16.0. The molecule has 3 rings (SSSR count). The molecular formula is C15H17BrCl2O. The number of alkyl halides is 1. The third kappa shape index (κ3) is 2.83. The van der Waals surface area contributed by atoms with Crippen molar-refractivity contribution in [2.75, 3.05) is 11.9 Å². The van der Waals surface area contributed by atoms with Gasteiger partial charge in [0.15, 0.2) is 0 Å². The quantitative estimate of drug-likeness (QED) is 0.675. The molecule has 1 aromatic rings. The fraction of sp³-hybridized carbons (Fsp3) is 0.600. The van der Waals surface area contributed by atoms with Crippen LogP contribution in [0.1, 0.15) is 24.8 Å². The Kier molecular flexibility index (Phi) is 4.15. The van der Waals surface area contributed by atoms with Gasteiger partial charge in [-0.15, -0.1) is 0 Å². The van der Waals surface area contributed by atoms with Crippen LogP contribution in [0, 0.1) is 11.3 Å². The van der Waals surface area contributed by atoms with Gasteiger partial charge in [-0.25, -0.2) is 0 Å². The van der Waals surface area contributed by atoms with Gasteiger partial charge in [0.25, 0.3) is 0 Å². The minimum atomic E-state index is 0.193. The molecule has 1 aliphatic carbocycles. The highest BCUT2D eigenvalue weighted by Gasteiger charge is 2.50. The van der Waals surface area contributed by atoms with E-state index in [2.05, 4.69) is 22.0 Å². The molecule has 1 aliphatic heterocycles. The van der Waals surface area contributed by atoms with E-state index in [4.69, 9.17) is 27.9 Å². The van der Waals surface area contributed by atoms with Crippen molar-refractivity contribution in [2.24, 2.45) is 11.3 Å². The zero-order chi connectivity index (χ0) is 13.5. The van der Waals surface area contributed by atoms with Gasteiger partial charge in [0.2, 0.25) is 0 Å². The van der Waals surface area contributed by atoms with E-state index in [1.807, 2.05) is 12.1 Å². The van der Waals surface area contributed by atoms with Gasteiger partial charge in [-0.1, -0.05) is 45.2 Å². The maximum Gasteiger partial charge on any atom is 0.0671 e. The molecule has 0 N–H and O–H groups in total. The third-order valence-electron chi connectivity index (χ3n) is 4.37. The van der Waals surface area contributed by atoms with E-state index >= 15 is 0 Å². The van der Waals surface area contributed by atoms with Crippen LogP contribution in [-0.4, -0.2) is 18.0 Å². The summed E-state index contributed by atoms with van der Waals surface area (Å²) in [7, 11) is 0. The van der Waals surface area contributed by atoms with Gasteiger partial charge in [-0.3, -0.25) is 0 Å². The molecule has 2 atom stereocenters. The molecule has 1 saturated heterocycles. The second kappa shape index (κ2) is 5.55. The smallest absolute Gasteiger partial charge is 0.0671 e. The number of hydrogen-bond acceptors (Lipinski definition) is 1. The highest BCUT2D eigenvalue weighted by Crippen LogP contribution is 2.50. The van der Waals surface area contributed by atoms with Crippen LogP contribution in [0.5, 0.6) is 0 Å². The standard InChI is InChI=1S/C15H17BrCl2O/c16-9-15(5-6-19-14(15)10-1-2-10)8-11-3-4-12(17)7-13(11)18/h3-4,7,10,14H,1-2,5-6,8-9H2. The van der Waals surface area contributed by atoms with Gasteiger partial charge in [0.05, 0.1) is 6.10 Å². The fourth-order valence-corrected chi connectivity index (χ4v) is 4.44. The zero-order valence-electron chi connectivity index (χ0n) is 10.7. The fourth-order valence-electron chi connectivity index (χ4n) is 3.17. The van der Waals surface area contributed by atoms with Crippen LogP contribution >= 0.6 is 39.1 Å². The van der Waals surface area contributed by atoms with Gasteiger partial charge in [0.1, 0.15) is 0 Å². The molecular weight excluding hydrogens is 347 g/mol. The second-order valence-corrected chi connectivity index (χ2v) is 7.19. The van der Waals surface area contributed by atoms with Crippen molar-refractivity contribution >= 4 is 39.1 Å². The molecule has 2 fully saturated rings. The topological polar surface area (TPSA) is 9.23 Å². The van der Waals surface area contributed by atoms with E-state index < -0.39 is 0 Å². The molecule has 0 aromatic heterocycles. The highest BCUT2D eigenvalue weighted by atomic mass is 79.9. The van der Waals surface area contributed by atoms with Crippen LogP contribution in [0.25, 0.3) is 0 Å². The first-order chi connectivity index (χ1) is 9.14. The van der Waals surface area contributed by atoms with Gasteiger partial charge < -0.3 is 4.74 Å². The molecule has 0 spiro atoms. The number of hydrogen-bond donors (Lipinski definition) is 0. The summed E-state index contributed by atoms with van der Waals surface area (Å²) in [6.07, 6.45) is 5.09. The Bertz CT molecular complexity index is 475. The largest absolute Gasteiger partial charge is 0.377 e. The molecule has 0 radical (unpaired) electrons. The van der Waals surface area contributed by atoms with Crippen LogP contribution in [-0.2, 0) is 11.2 Å². The summed E-state index contributed by atoms with van der Waals surface area (Å²) in [5.74, 6) is 0.756. The number of benzene rings is 1. The average molecular weight is 364 g/mol. The molecule has 0 amide bonds. The van der Waals surface area contributed by atoms with Crippen molar-refractivity contribution < 1.29 is 4.74 Å². The minimum Gasteiger partial charge on any atom is -0.377 e. The first kappa shape index (κ1) is 14.2. The van der Waals surface area contributed by atoms with E-state index in [-0.39, 0.29) is 5.41 Å². The van der Waals surface area contributed by atoms with Gasteiger partial charge >= 0.3 is 0 Å². The predicted molar refractivity (Wildman–Crippen MR) is 83.5 cm³/mol. The molecule has 19 heavy (non-hydrogen) atoms. The molecule has 1 aromatic carbocycles. The van der Waals surface area contributed by atoms with Crippen LogP contribution in [0.2, 0.25) is 10.0 Å². The van der Waals surface area contributed by atoms with Crippen LogP contribution in [0.3, 0.4) is 0 Å². The first-order valence-corrected chi connectivity index (χ1v) is 8.64. The molecule has 0 bridgehead atoms. The Morgan fingerprint density at radius 1 is 1.32 bits per heavy atom. The molecule has 4 heteroatoms. The molecule has 1 saturated carbocycles. The third-order valence-corrected chi connectivity index (χ3v) is 6.08. The Morgan fingerprint density at radius 2 is 2.11 bits per heavy atom. The van der Waals surface area contributed by atoms with Gasteiger partial charge in [-0.2, -0.15) is 0 Å². The lowest BCUT2D eigenvalue weighted by molar-refractivity contribution is 0.0413. The Labute approximate surface area is 132 Å². The summed E-state index contributed by atoms with van der Waals surface area (Å²) in [6.45, 7) is 0.873. The number of rotatable bonds is 4. The molecule has 1 heterocycles. The van der Waals surface area contributed by atoms with E-state index in [1.165, 1.54) is 18.4 Å². The Hall–Kier alpha value is 0.240. The SMILES string of the molecule is Clc1ccc(CC2(CBr)CCOC2C2CC2)c(Cl)c1. The molecule has 2 unspecified atom stereocenters. The highest BCUT2D eigenvalue weighted by molar-refractivity contribution is 9.09. The van der Waals surface area contributed by atoms with Crippen molar-refractivity contribution in [3.8, 4) is 0 Å². The van der Waals surface area contributed by atoms with E-state index in [0.29, 0.717) is 11.1 Å². The minimum absolute atomic E-state index is 0.193. The van der Waals surface area contributed by atoms with Crippen molar-refractivity contribution in [1.29, 1.82) is 0 Å². The van der Waals surface area contributed by atoms with E-state index in [0.717, 1.165) is 35.7 Å². The van der Waals surface area contributed by atoms with Crippen LogP contribution in [0.15, 0.2) is 18.2 Å². The first-order valence-electron chi connectivity index (χ1n) is 6.76. The van der Waals surface area contributed by atoms with Crippen LogP contribution < -0.4 is 0 Å². The monoisotopic (exact) mass is 362 g/mol. The van der Waals surface area contributed by atoms with E-state index in [1.54, 1.807) is 0 Å². The second-order valence-electron chi connectivity index (χ2n) is 5.79. The van der Waals surface area contributed by atoms with Crippen molar-refractivity contribution in [3.63, 3.8) is 0 Å². The Morgan fingerprint density at radius 3 is 2.74 bits per heavy atom. The summed E-state index contributed by atoms with van der Waals surface area (Å²) < 4.78 is 6.02. The molecule has 1 nitrogen and oxygen atoms in total. The number of ether oxygens (including phenoxy) is 1. The molecule has 104 valence electrons. The normalized spacial score (nSPS) is 30.8. The maximum absolute atomic E-state index is 6.33. The molecule has 2 aliphatic rings. The summed E-state index contributed by atoms with van der Waals surface area (Å²) in [5.41, 5.74) is 1.38. The summed E-state index contributed by atoms with van der Waals surface area (Å²) in [5, 5.41) is 2.44. The summed E-state index contributed by atoms with van der Waals surface area (Å²) in [6, 6.07) is 5.81. The lowest BCUT2D eigenvalue weighted by Crippen LogP contribution is -2.36. The van der Waals surface area contributed by atoms with Gasteiger partial charge in [0, 0.05) is 27.4 Å². The van der Waals surface area contributed by atoms with Crippen LogP contribution in [0.4, 0.5) is 0 Å². The maximum atomic E-state index is 6.33. The zero-order valence-corrected chi connectivity index (χ0v) is 13.8. The van der Waals surface area contributed by atoms with E-state index in [9.17, 15) is 0 Å². The predicted octanol–water partition coefficient (Wildman–Crippen LogP) is 5.12.